The molecule has 1 amide bonds. The topological polar surface area (TPSA) is 72.4 Å². The Morgan fingerprint density at radius 1 is 1.26 bits per heavy atom. The van der Waals surface area contributed by atoms with Crippen LogP contribution in [0.15, 0.2) is 46.0 Å². The number of morpholine rings is 1. The van der Waals surface area contributed by atoms with E-state index in [9.17, 15) is 4.79 Å². The van der Waals surface area contributed by atoms with Crippen LogP contribution < -0.4 is 14.9 Å². The van der Waals surface area contributed by atoms with Gasteiger partial charge in [-0.25, -0.2) is 5.43 Å². The van der Waals surface area contributed by atoms with Crippen molar-refractivity contribution < 1.29 is 19.0 Å². The zero-order chi connectivity index (χ0) is 22.1. The molecule has 0 spiro atoms. The summed E-state index contributed by atoms with van der Waals surface area (Å²) < 4.78 is 17.7. The Morgan fingerprint density at radius 3 is 2.71 bits per heavy atom. The molecule has 1 aliphatic heterocycles. The highest BCUT2D eigenvalue weighted by molar-refractivity contribution is 9.10. The highest BCUT2D eigenvalue weighted by atomic mass is 79.9. The molecule has 7 nitrogen and oxygen atoms in total. The number of halogens is 2. The zero-order valence-corrected chi connectivity index (χ0v) is 19.6. The quantitative estimate of drug-likeness (QED) is 0.410. The number of nitrogens with zero attached hydrogens (tertiary/aromatic N) is 2. The average Bonchev–Trinajstić information content (AvgIpc) is 2.75. The first-order valence-electron chi connectivity index (χ1n) is 10.0. The van der Waals surface area contributed by atoms with E-state index >= 15 is 0 Å². The van der Waals surface area contributed by atoms with E-state index in [0.717, 1.165) is 28.7 Å². The minimum absolute atomic E-state index is 0.162. The average molecular weight is 511 g/mol. The molecular weight excluding hydrogens is 486 g/mol. The number of hydrazone groups is 1. The Balaban J connectivity index is 1.62. The molecule has 166 valence electrons. The molecule has 1 heterocycles. The van der Waals surface area contributed by atoms with Gasteiger partial charge in [-0.3, -0.25) is 9.69 Å². The van der Waals surface area contributed by atoms with Crippen molar-refractivity contribution in [1.29, 1.82) is 0 Å². The largest absolute Gasteiger partial charge is 0.490 e. The number of hydrogen-bond acceptors (Lipinski definition) is 6. The van der Waals surface area contributed by atoms with Crippen LogP contribution in [0.2, 0.25) is 5.02 Å². The number of amides is 1. The van der Waals surface area contributed by atoms with Crippen LogP contribution in [0.5, 0.6) is 11.5 Å². The van der Waals surface area contributed by atoms with E-state index in [-0.39, 0.29) is 5.91 Å². The van der Waals surface area contributed by atoms with Crippen LogP contribution in [0.25, 0.3) is 0 Å². The normalized spacial score (nSPS) is 14.5. The molecule has 0 saturated carbocycles. The minimum atomic E-state index is -0.162. The summed E-state index contributed by atoms with van der Waals surface area (Å²) in [5, 5.41) is 4.75. The number of hydrogen-bond donors (Lipinski definition) is 1. The number of carbonyl (C=O) groups excluding carboxylic acids is 1. The maximum atomic E-state index is 12.1. The predicted octanol–water partition coefficient (Wildman–Crippen LogP) is 3.86. The monoisotopic (exact) mass is 509 g/mol. The minimum Gasteiger partial charge on any atom is -0.490 e. The van der Waals surface area contributed by atoms with Gasteiger partial charge in [0.05, 0.1) is 37.1 Å². The summed E-state index contributed by atoms with van der Waals surface area (Å²) in [6.45, 7) is 5.87. The number of carbonyl (C=O) groups is 1. The first-order chi connectivity index (χ1) is 15.0. The number of nitrogens with one attached hydrogen (secondary N) is 1. The molecule has 2 aromatic rings. The molecule has 0 aliphatic carbocycles. The lowest BCUT2D eigenvalue weighted by molar-refractivity contribution is -0.123. The van der Waals surface area contributed by atoms with Gasteiger partial charge in [0.1, 0.15) is 6.61 Å². The van der Waals surface area contributed by atoms with Crippen LogP contribution in [-0.4, -0.2) is 56.5 Å². The standard InChI is InChI=1S/C22H25BrClN3O4/c1-2-30-20-12-17(13-25-26-21(28)14-27-7-9-29-10-8-27)11-19(23)22(20)31-15-16-3-5-18(24)6-4-16/h3-6,11-13H,2,7-10,14-15H2,1H3,(H,26,28)/b25-13-. The summed E-state index contributed by atoms with van der Waals surface area (Å²) in [5.74, 6) is 1.03. The third-order valence-electron chi connectivity index (χ3n) is 4.50. The molecule has 1 saturated heterocycles. The Hall–Kier alpha value is -2.13. The maximum Gasteiger partial charge on any atom is 0.254 e. The van der Waals surface area contributed by atoms with Crippen molar-refractivity contribution in [3.8, 4) is 11.5 Å². The molecule has 3 rings (SSSR count). The van der Waals surface area contributed by atoms with Gasteiger partial charge in [0.2, 0.25) is 0 Å². The van der Waals surface area contributed by atoms with E-state index in [4.69, 9.17) is 25.8 Å². The van der Waals surface area contributed by atoms with E-state index in [0.29, 0.717) is 49.5 Å². The molecule has 31 heavy (non-hydrogen) atoms. The number of ether oxygens (including phenoxy) is 3. The summed E-state index contributed by atoms with van der Waals surface area (Å²) in [7, 11) is 0. The summed E-state index contributed by atoms with van der Waals surface area (Å²) in [5.41, 5.74) is 4.32. The van der Waals surface area contributed by atoms with Gasteiger partial charge in [-0.05, 0) is 58.2 Å². The molecule has 0 atom stereocenters. The lowest BCUT2D eigenvalue weighted by atomic mass is 10.2. The second-order valence-corrected chi connectivity index (χ2v) is 8.15. The fourth-order valence-corrected chi connectivity index (χ4v) is 3.68. The molecular formula is C22H25BrClN3O4. The molecule has 0 aromatic heterocycles. The summed E-state index contributed by atoms with van der Waals surface area (Å²) in [6.07, 6.45) is 1.58. The van der Waals surface area contributed by atoms with E-state index in [1.807, 2.05) is 48.2 Å². The van der Waals surface area contributed by atoms with E-state index < -0.39 is 0 Å². The van der Waals surface area contributed by atoms with Gasteiger partial charge in [-0.1, -0.05) is 23.7 Å². The number of benzene rings is 2. The van der Waals surface area contributed by atoms with Gasteiger partial charge in [0, 0.05) is 18.1 Å². The molecule has 0 radical (unpaired) electrons. The predicted molar refractivity (Wildman–Crippen MR) is 124 cm³/mol. The third kappa shape index (κ3) is 7.50. The first kappa shape index (κ1) is 23.5. The molecule has 9 heteroatoms. The summed E-state index contributed by atoms with van der Waals surface area (Å²) >= 11 is 9.48. The van der Waals surface area contributed by atoms with Crippen LogP contribution in [-0.2, 0) is 16.1 Å². The summed E-state index contributed by atoms with van der Waals surface area (Å²) in [4.78, 5) is 14.1. The fraction of sp³-hybridized carbons (Fsp3) is 0.364. The summed E-state index contributed by atoms with van der Waals surface area (Å²) in [6, 6.07) is 11.2. The van der Waals surface area contributed by atoms with Gasteiger partial charge in [-0.15, -0.1) is 0 Å². The molecule has 1 aliphatic rings. The SMILES string of the molecule is CCOc1cc(/C=N\NC(=O)CN2CCOCC2)cc(Br)c1OCc1ccc(Cl)cc1. The van der Waals surface area contributed by atoms with Gasteiger partial charge < -0.3 is 14.2 Å². The number of rotatable bonds is 9. The smallest absolute Gasteiger partial charge is 0.254 e. The highest BCUT2D eigenvalue weighted by Gasteiger charge is 2.14. The Labute approximate surface area is 195 Å². The first-order valence-corrected chi connectivity index (χ1v) is 11.2. The van der Waals surface area contributed by atoms with E-state index in [1.165, 1.54) is 0 Å². The van der Waals surface area contributed by atoms with Crippen molar-refractivity contribution in [3.05, 3.63) is 57.0 Å². The molecule has 0 unspecified atom stereocenters. The van der Waals surface area contributed by atoms with Crippen molar-refractivity contribution in [2.75, 3.05) is 39.5 Å². The van der Waals surface area contributed by atoms with Crippen molar-refractivity contribution in [2.24, 2.45) is 5.10 Å². The van der Waals surface area contributed by atoms with Crippen LogP contribution >= 0.6 is 27.5 Å². The second kappa shape index (κ2) is 12.0. The third-order valence-corrected chi connectivity index (χ3v) is 5.34. The van der Waals surface area contributed by atoms with Gasteiger partial charge >= 0.3 is 0 Å². The van der Waals surface area contributed by atoms with Gasteiger partial charge in [0.25, 0.3) is 5.91 Å². The van der Waals surface area contributed by atoms with Crippen LogP contribution in [0.1, 0.15) is 18.1 Å². The molecule has 1 N–H and O–H groups in total. The Kier molecular flexibility index (Phi) is 9.14. The molecule has 2 aromatic carbocycles. The van der Waals surface area contributed by atoms with E-state index in [1.54, 1.807) is 6.21 Å². The Bertz CT molecular complexity index is 902. The van der Waals surface area contributed by atoms with Crippen molar-refractivity contribution >= 4 is 39.7 Å². The maximum absolute atomic E-state index is 12.1. The zero-order valence-electron chi connectivity index (χ0n) is 17.3. The van der Waals surface area contributed by atoms with Gasteiger partial charge in [-0.2, -0.15) is 5.10 Å². The lowest BCUT2D eigenvalue weighted by Crippen LogP contribution is -2.42. The van der Waals surface area contributed by atoms with E-state index in [2.05, 4.69) is 26.5 Å². The Morgan fingerprint density at radius 2 is 2.00 bits per heavy atom. The van der Waals surface area contributed by atoms with Crippen molar-refractivity contribution in [2.45, 2.75) is 13.5 Å². The molecule has 1 fully saturated rings. The lowest BCUT2D eigenvalue weighted by Gasteiger charge is -2.25. The van der Waals surface area contributed by atoms with Crippen LogP contribution in [0.3, 0.4) is 0 Å². The molecule has 0 bridgehead atoms. The fourth-order valence-electron chi connectivity index (χ4n) is 2.98. The van der Waals surface area contributed by atoms with Crippen LogP contribution in [0, 0.1) is 0 Å². The highest BCUT2D eigenvalue weighted by Crippen LogP contribution is 2.37. The van der Waals surface area contributed by atoms with Crippen LogP contribution in [0.4, 0.5) is 0 Å². The van der Waals surface area contributed by atoms with Crippen molar-refractivity contribution in [3.63, 3.8) is 0 Å². The second-order valence-electron chi connectivity index (χ2n) is 6.86. The van der Waals surface area contributed by atoms with Crippen molar-refractivity contribution in [1.82, 2.24) is 10.3 Å². The van der Waals surface area contributed by atoms with Gasteiger partial charge in [0.15, 0.2) is 11.5 Å².